The lowest BCUT2D eigenvalue weighted by Crippen LogP contribution is -2.43. The summed E-state index contributed by atoms with van der Waals surface area (Å²) >= 11 is 0. The van der Waals surface area contributed by atoms with Crippen LogP contribution in [0.2, 0.25) is 0 Å². The Morgan fingerprint density at radius 1 is 1.11 bits per heavy atom. The Hall–Kier alpha value is -2.44. The number of aliphatic carboxylic acids is 1. The number of urea groups is 1. The van der Waals surface area contributed by atoms with E-state index in [2.05, 4.69) is 5.32 Å². The maximum atomic E-state index is 12.5. The van der Waals surface area contributed by atoms with Crippen LogP contribution in [0, 0.1) is 11.8 Å². The molecule has 0 bridgehead atoms. The minimum atomic E-state index is -0.928. The van der Waals surface area contributed by atoms with Gasteiger partial charge >= 0.3 is 12.0 Å². The van der Waals surface area contributed by atoms with Gasteiger partial charge in [-0.3, -0.25) is 4.79 Å². The molecule has 1 aromatic rings. The van der Waals surface area contributed by atoms with Crippen molar-refractivity contribution in [3.8, 4) is 11.5 Å². The van der Waals surface area contributed by atoms with Crippen molar-refractivity contribution in [1.82, 2.24) is 10.2 Å². The molecule has 0 fully saturated rings. The molecule has 0 aromatic heterocycles. The van der Waals surface area contributed by atoms with Crippen LogP contribution in [0.3, 0.4) is 0 Å². The van der Waals surface area contributed by atoms with Gasteiger partial charge in [-0.1, -0.05) is 26.8 Å². The number of benzene rings is 1. The first-order valence-electron chi connectivity index (χ1n) is 9.35. The van der Waals surface area contributed by atoms with Crippen LogP contribution in [0.1, 0.15) is 46.2 Å². The Morgan fingerprint density at radius 3 is 2.22 bits per heavy atom. The largest absolute Gasteiger partial charge is 0.490 e. The SMILES string of the molecule is CCOc1ccc(C(NC(=O)N(C)CC(C)C(=O)O)C(C)C)cc1OCC. The molecule has 0 aliphatic carbocycles. The summed E-state index contributed by atoms with van der Waals surface area (Å²) in [6.45, 7) is 10.6. The average molecular weight is 380 g/mol. The topological polar surface area (TPSA) is 88.1 Å². The zero-order chi connectivity index (χ0) is 20.6. The fraction of sp³-hybridized carbons (Fsp3) is 0.600. The molecule has 0 spiro atoms. The summed E-state index contributed by atoms with van der Waals surface area (Å²) < 4.78 is 11.3. The smallest absolute Gasteiger partial charge is 0.317 e. The van der Waals surface area contributed by atoms with Gasteiger partial charge in [0.15, 0.2) is 11.5 Å². The number of nitrogens with zero attached hydrogens (tertiary/aromatic N) is 1. The van der Waals surface area contributed by atoms with Crippen LogP contribution in [0.15, 0.2) is 18.2 Å². The highest BCUT2D eigenvalue weighted by Gasteiger charge is 2.23. The molecule has 0 saturated carbocycles. The van der Waals surface area contributed by atoms with E-state index in [0.29, 0.717) is 24.7 Å². The summed E-state index contributed by atoms with van der Waals surface area (Å²) in [6, 6.07) is 5.10. The van der Waals surface area contributed by atoms with Gasteiger partial charge < -0.3 is 24.8 Å². The second-order valence-electron chi connectivity index (χ2n) is 6.86. The van der Waals surface area contributed by atoms with E-state index in [1.165, 1.54) is 4.90 Å². The number of amides is 2. The molecule has 2 atom stereocenters. The number of carboxylic acids is 1. The standard InChI is InChI=1S/C20H32N2O5/c1-7-26-16-10-9-15(11-17(16)27-8-2)18(13(3)4)21-20(25)22(6)12-14(5)19(23)24/h9-11,13-14,18H,7-8,12H2,1-6H3,(H,21,25)(H,23,24). The van der Waals surface area contributed by atoms with Gasteiger partial charge in [-0.05, 0) is 37.5 Å². The first-order valence-corrected chi connectivity index (χ1v) is 9.35. The van der Waals surface area contributed by atoms with Gasteiger partial charge in [0.2, 0.25) is 0 Å². The fourth-order valence-electron chi connectivity index (χ4n) is 2.71. The van der Waals surface area contributed by atoms with Crippen LogP contribution in [0.25, 0.3) is 0 Å². The zero-order valence-electron chi connectivity index (χ0n) is 17.1. The van der Waals surface area contributed by atoms with E-state index < -0.39 is 11.9 Å². The summed E-state index contributed by atoms with van der Waals surface area (Å²) in [6.07, 6.45) is 0. The molecule has 0 heterocycles. The van der Waals surface area contributed by atoms with Gasteiger partial charge in [0.25, 0.3) is 0 Å². The number of rotatable bonds is 10. The van der Waals surface area contributed by atoms with E-state index in [1.807, 2.05) is 45.9 Å². The highest BCUT2D eigenvalue weighted by Crippen LogP contribution is 2.33. The van der Waals surface area contributed by atoms with Gasteiger partial charge in [0.05, 0.1) is 25.2 Å². The summed E-state index contributed by atoms with van der Waals surface area (Å²) in [7, 11) is 1.59. The summed E-state index contributed by atoms with van der Waals surface area (Å²) in [5, 5.41) is 12.0. The van der Waals surface area contributed by atoms with Crippen LogP contribution in [0.4, 0.5) is 4.79 Å². The lowest BCUT2D eigenvalue weighted by molar-refractivity contribution is -0.141. The van der Waals surface area contributed by atoms with Crippen molar-refractivity contribution in [1.29, 1.82) is 0 Å². The van der Waals surface area contributed by atoms with Gasteiger partial charge in [0, 0.05) is 13.6 Å². The molecule has 0 saturated heterocycles. The second-order valence-corrected chi connectivity index (χ2v) is 6.86. The Morgan fingerprint density at radius 2 is 1.70 bits per heavy atom. The molecule has 0 aliphatic heterocycles. The summed E-state index contributed by atoms with van der Waals surface area (Å²) in [4.78, 5) is 24.9. The molecule has 7 heteroatoms. The van der Waals surface area contributed by atoms with Crippen LogP contribution >= 0.6 is 0 Å². The maximum absolute atomic E-state index is 12.5. The Labute approximate surface area is 161 Å². The monoisotopic (exact) mass is 380 g/mol. The molecular formula is C20H32N2O5. The summed E-state index contributed by atoms with van der Waals surface area (Å²) in [5.41, 5.74) is 0.907. The van der Waals surface area contributed by atoms with Gasteiger partial charge in [0.1, 0.15) is 0 Å². The van der Waals surface area contributed by atoms with E-state index in [9.17, 15) is 9.59 Å². The van der Waals surface area contributed by atoms with Crippen molar-refractivity contribution in [2.75, 3.05) is 26.8 Å². The Balaban J connectivity index is 2.99. The third-order valence-electron chi connectivity index (χ3n) is 4.19. The minimum absolute atomic E-state index is 0.131. The third-order valence-corrected chi connectivity index (χ3v) is 4.19. The zero-order valence-corrected chi connectivity index (χ0v) is 17.1. The highest BCUT2D eigenvalue weighted by atomic mass is 16.5. The first kappa shape index (κ1) is 22.6. The van der Waals surface area contributed by atoms with Crippen LogP contribution in [-0.2, 0) is 4.79 Å². The quantitative estimate of drug-likeness (QED) is 0.648. The second kappa shape index (κ2) is 10.6. The van der Waals surface area contributed by atoms with E-state index in [-0.39, 0.29) is 24.5 Å². The lowest BCUT2D eigenvalue weighted by Gasteiger charge is -2.27. The molecule has 27 heavy (non-hydrogen) atoms. The predicted octanol–water partition coefficient (Wildman–Crippen LogP) is 3.54. The molecule has 152 valence electrons. The van der Waals surface area contributed by atoms with Crippen LogP contribution in [-0.4, -0.2) is 48.8 Å². The predicted molar refractivity (Wildman–Crippen MR) is 104 cm³/mol. The van der Waals surface area contributed by atoms with Crippen molar-refractivity contribution >= 4 is 12.0 Å². The normalized spacial score (nSPS) is 13.0. The Bertz CT molecular complexity index is 633. The number of carboxylic acid groups (broad SMARTS) is 1. The maximum Gasteiger partial charge on any atom is 0.317 e. The first-order chi connectivity index (χ1) is 12.7. The number of carbonyl (C=O) groups is 2. The molecule has 2 N–H and O–H groups in total. The number of hydrogen-bond donors (Lipinski definition) is 2. The number of carbonyl (C=O) groups excluding carboxylic acids is 1. The van der Waals surface area contributed by atoms with Crippen molar-refractivity contribution in [2.24, 2.45) is 11.8 Å². The van der Waals surface area contributed by atoms with Crippen molar-refractivity contribution < 1.29 is 24.2 Å². The molecule has 0 aliphatic rings. The van der Waals surface area contributed by atoms with Gasteiger partial charge in [-0.2, -0.15) is 0 Å². The van der Waals surface area contributed by atoms with E-state index >= 15 is 0 Å². The van der Waals surface area contributed by atoms with E-state index in [4.69, 9.17) is 14.6 Å². The van der Waals surface area contributed by atoms with Crippen LogP contribution < -0.4 is 14.8 Å². The van der Waals surface area contributed by atoms with Crippen LogP contribution in [0.5, 0.6) is 11.5 Å². The number of hydrogen-bond acceptors (Lipinski definition) is 4. The van der Waals surface area contributed by atoms with Gasteiger partial charge in [-0.25, -0.2) is 4.79 Å². The van der Waals surface area contributed by atoms with E-state index in [1.54, 1.807) is 14.0 Å². The number of ether oxygens (including phenoxy) is 2. The highest BCUT2D eigenvalue weighted by molar-refractivity contribution is 5.76. The fourth-order valence-corrected chi connectivity index (χ4v) is 2.71. The number of nitrogens with one attached hydrogen (secondary N) is 1. The molecule has 2 amide bonds. The van der Waals surface area contributed by atoms with Crippen molar-refractivity contribution in [3.05, 3.63) is 23.8 Å². The third kappa shape index (κ3) is 6.66. The molecule has 1 rings (SSSR count). The Kier molecular flexibility index (Phi) is 8.91. The van der Waals surface area contributed by atoms with E-state index in [0.717, 1.165) is 5.56 Å². The average Bonchev–Trinajstić information content (AvgIpc) is 2.60. The van der Waals surface area contributed by atoms with Crippen molar-refractivity contribution in [2.45, 2.75) is 40.7 Å². The molecule has 0 radical (unpaired) electrons. The minimum Gasteiger partial charge on any atom is -0.490 e. The lowest BCUT2D eigenvalue weighted by atomic mass is 9.95. The molecular weight excluding hydrogens is 348 g/mol. The summed E-state index contributed by atoms with van der Waals surface area (Å²) in [5.74, 6) is -0.114. The molecule has 7 nitrogen and oxygen atoms in total. The van der Waals surface area contributed by atoms with Gasteiger partial charge in [-0.15, -0.1) is 0 Å². The molecule has 1 aromatic carbocycles. The molecule has 2 unspecified atom stereocenters. The van der Waals surface area contributed by atoms with Crippen molar-refractivity contribution in [3.63, 3.8) is 0 Å².